The predicted molar refractivity (Wildman–Crippen MR) is 65.6 cm³/mol. The van der Waals surface area contributed by atoms with Crippen molar-refractivity contribution in [2.45, 2.75) is 18.9 Å². The fourth-order valence-electron chi connectivity index (χ4n) is 2.20. The minimum atomic E-state index is -0.00796. The lowest BCUT2D eigenvalue weighted by atomic mass is 10.0. The van der Waals surface area contributed by atoms with Crippen LogP contribution in [0.5, 0.6) is 0 Å². The standard InChI is InChI=1S/C11H19N5O/c1-15(2)8-3-5-16(6-4-8)11(17)9-7-10(12)14-13-9/h7-8H,3-6H2,1-2H3,(H3,12,13,14). The molecule has 0 spiro atoms. The number of nitrogens with one attached hydrogen (secondary N) is 1. The number of nitrogen functional groups attached to an aromatic ring is 1. The van der Waals surface area contributed by atoms with Crippen molar-refractivity contribution in [3.05, 3.63) is 11.8 Å². The van der Waals surface area contributed by atoms with Crippen LogP contribution < -0.4 is 5.73 Å². The molecule has 1 aliphatic heterocycles. The third kappa shape index (κ3) is 2.58. The number of carbonyl (C=O) groups is 1. The minimum absolute atomic E-state index is 0.00796. The van der Waals surface area contributed by atoms with E-state index in [0.717, 1.165) is 25.9 Å². The lowest BCUT2D eigenvalue weighted by Gasteiger charge is -2.34. The van der Waals surface area contributed by atoms with Gasteiger partial charge in [0.05, 0.1) is 0 Å². The first-order chi connectivity index (χ1) is 8.08. The molecular formula is C11H19N5O. The summed E-state index contributed by atoms with van der Waals surface area (Å²) >= 11 is 0. The molecule has 1 saturated heterocycles. The highest BCUT2D eigenvalue weighted by molar-refractivity contribution is 5.93. The van der Waals surface area contributed by atoms with Gasteiger partial charge in [0, 0.05) is 25.2 Å². The molecule has 1 aliphatic rings. The van der Waals surface area contributed by atoms with E-state index in [-0.39, 0.29) is 5.91 Å². The van der Waals surface area contributed by atoms with Crippen LogP contribution in [0.25, 0.3) is 0 Å². The molecule has 0 aliphatic carbocycles. The van der Waals surface area contributed by atoms with E-state index in [1.165, 1.54) is 0 Å². The van der Waals surface area contributed by atoms with E-state index < -0.39 is 0 Å². The first-order valence-electron chi connectivity index (χ1n) is 5.84. The summed E-state index contributed by atoms with van der Waals surface area (Å²) in [6, 6.07) is 2.16. The van der Waals surface area contributed by atoms with E-state index in [9.17, 15) is 4.79 Å². The molecule has 3 N–H and O–H groups in total. The number of amides is 1. The summed E-state index contributed by atoms with van der Waals surface area (Å²) < 4.78 is 0. The van der Waals surface area contributed by atoms with Crippen molar-refractivity contribution in [3.8, 4) is 0 Å². The van der Waals surface area contributed by atoms with Crippen LogP contribution in [0.1, 0.15) is 23.3 Å². The monoisotopic (exact) mass is 237 g/mol. The molecule has 6 nitrogen and oxygen atoms in total. The van der Waals surface area contributed by atoms with Crippen molar-refractivity contribution in [3.63, 3.8) is 0 Å². The van der Waals surface area contributed by atoms with Gasteiger partial charge in [-0.25, -0.2) is 0 Å². The van der Waals surface area contributed by atoms with Crippen LogP contribution in [0.3, 0.4) is 0 Å². The van der Waals surface area contributed by atoms with Gasteiger partial charge >= 0.3 is 0 Å². The average Bonchev–Trinajstić information content (AvgIpc) is 2.75. The zero-order valence-corrected chi connectivity index (χ0v) is 10.3. The van der Waals surface area contributed by atoms with Gasteiger partial charge in [-0.2, -0.15) is 5.10 Å². The van der Waals surface area contributed by atoms with Gasteiger partial charge in [0.1, 0.15) is 11.5 Å². The normalized spacial score (nSPS) is 17.7. The maximum absolute atomic E-state index is 12.1. The van der Waals surface area contributed by atoms with Crippen LogP contribution >= 0.6 is 0 Å². The van der Waals surface area contributed by atoms with Gasteiger partial charge in [0.2, 0.25) is 0 Å². The van der Waals surface area contributed by atoms with E-state index in [0.29, 0.717) is 17.6 Å². The second kappa shape index (κ2) is 4.75. The van der Waals surface area contributed by atoms with E-state index in [4.69, 9.17) is 5.73 Å². The summed E-state index contributed by atoms with van der Waals surface area (Å²) in [6.45, 7) is 1.58. The smallest absolute Gasteiger partial charge is 0.271 e. The lowest BCUT2D eigenvalue weighted by Crippen LogP contribution is -2.44. The molecule has 0 radical (unpaired) electrons. The quantitative estimate of drug-likeness (QED) is 0.768. The molecule has 17 heavy (non-hydrogen) atoms. The summed E-state index contributed by atoms with van der Waals surface area (Å²) in [6.07, 6.45) is 2.03. The fraction of sp³-hybridized carbons (Fsp3) is 0.636. The van der Waals surface area contributed by atoms with E-state index in [1.807, 2.05) is 4.90 Å². The van der Waals surface area contributed by atoms with Crippen LogP contribution in [0, 0.1) is 0 Å². The molecule has 2 rings (SSSR count). The molecule has 1 amide bonds. The largest absolute Gasteiger partial charge is 0.382 e. The predicted octanol–water partition coefficient (Wildman–Crippen LogP) is 0.158. The Morgan fingerprint density at radius 3 is 2.65 bits per heavy atom. The molecule has 1 fully saturated rings. The number of piperidine rings is 1. The van der Waals surface area contributed by atoms with Crippen LogP contribution in [0.4, 0.5) is 5.82 Å². The van der Waals surface area contributed by atoms with Crippen LogP contribution in [-0.4, -0.2) is 59.1 Å². The molecule has 0 aromatic carbocycles. The number of rotatable bonds is 2. The van der Waals surface area contributed by atoms with Crippen molar-refractivity contribution in [2.24, 2.45) is 0 Å². The van der Waals surface area contributed by atoms with Gasteiger partial charge in [-0.3, -0.25) is 9.89 Å². The van der Waals surface area contributed by atoms with E-state index in [2.05, 4.69) is 29.2 Å². The van der Waals surface area contributed by atoms with Crippen LogP contribution in [-0.2, 0) is 0 Å². The number of likely N-dealkylation sites (tertiary alicyclic amines) is 1. The Balaban J connectivity index is 1.95. The summed E-state index contributed by atoms with van der Waals surface area (Å²) in [5, 5.41) is 6.43. The van der Waals surface area contributed by atoms with Crippen molar-refractivity contribution in [1.82, 2.24) is 20.0 Å². The highest BCUT2D eigenvalue weighted by atomic mass is 16.2. The number of hydrogen-bond acceptors (Lipinski definition) is 4. The molecule has 0 atom stereocenters. The van der Waals surface area contributed by atoms with Crippen molar-refractivity contribution < 1.29 is 4.79 Å². The van der Waals surface area contributed by atoms with Gasteiger partial charge in [-0.1, -0.05) is 0 Å². The number of nitrogens with zero attached hydrogens (tertiary/aromatic N) is 3. The molecule has 1 aromatic rings. The maximum atomic E-state index is 12.1. The fourth-order valence-corrected chi connectivity index (χ4v) is 2.20. The number of hydrogen-bond donors (Lipinski definition) is 2. The highest BCUT2D eigenvalue weighted by Gasteiger charge is 2.25. The highest BCUT2D eigenvalue weighted by Crippen LogP contribution is 2.16. The lowest BCUT2D eigenvalue weighted by molar-refractivity contribution is 0.0657. The van der Waals surface area contributed by atoms with E-state index in [1.54, 1.807) is 6.07 Å². The van der Waals surface area contributed by atoms with Crippen molar-refractivity contribution in [1.29, 1.82) is 0 Å². The second-order valence-corrected chi connectivity index (χ2v) is 4.69. The molecule has 0 bridgehead atoms. The average molecular weight is 237 g/mol. The zero-order chi connectivity index (χ0) is 12.4. The molecule has 6 heteroatoms. The Labute approximate surface area is 101 Å². The number of anilines is 1. The topological polar surface area (TPSA) is 78.2 Å². The number of aromatic amines is 1. The number of nitrogens with two attached hydrogens (primary N) is 1. The Morgan fingerprint density at radius 2 is 2.18 bits per heavy atom. The van der Waals surface area contributed by atoms with Crippen LogP contribution in [0.2, 0.25) is 0 Å². The molecule has 1 aromatic heterocycles. The van der Waals surface area contributed by atoms with E-state index >= 15 is 0 Å². The zero-order valence-electron chi connectivity index (χ0n) is 10.3. The molecule has 94 valence electrons. The van der Waals surface area contributed by atoms with Crippen LogP contribution in [0.15, 0.2) is 6.07 Å². The molecule has 0 saturated carbocycles. The maximum Gasteiger partial charge on any atom is 0.271 e. The third-order valence-electron chi connectivity index (χ3n) is 3.31. The summed E-state index contributed by atoms with van der Waals surface area (Å²) in [4.78, 5) is 16.1. The van der Waals surface area contributed by atoms with Crippen molar-refractivity contribution in [2.75, 3.05) is 32.9 Å². The Kier molecular flexibility index (Phi) is 3.33. The first-order valence-corrected chi connectivity index (χ1v) is 5.84. The van der Waals surface area contributed by atoms with Gasteiger partial charge in [-0.15, -0.1) is 0 Å². The number of H-pyrrole nitrogens is 1. The van der Waals surface area contributed by atoms with Gasteiger partial charge in [0.15, 0.2) is 0 Å². The Bertz CT molecular complexity index is 392. The number of carbonyl (C=O) groups excluding carboxylic acids is 1. The van der Waals surface area contributed by atoms with Crippen molar-refractivity contribution >= 4 is 11.7 Å². The Morgan fingerprint density at radius 1 is 1.53 bits per heavy atom. The minimum Gasteiger partial charge on any atom is -0.382 e. The Hall–Kier alpha value is -1.56. The number of aromatic nitrogens is 2. The summed E-state index contributed by atoms with van der Waals surface area (Å²) in [7, 11) is 4.16. The second-order valence-electron chi connectivity index (χ2n) is 4.69. The molecule has 2 heterocycles. The molecular weight excluding hydrogens is 218 g/mol. The summed E-state index contributed by atoms with van der Waals surface area (Å²) in [5.41, 5.74) is 5.97. The SMILES string of the molecule is CN(C)C1CCN(C(=O)c2cc(N)n[nH]2)CC1. The van der Waals surface area contributed by atoms with Gasteiger partial charge in [-0.05, 0) is 26.9 Å². The third-order valence-corrected chi connectivity index (χ3v) is 3.31. The first kappa shape index (κ1) is 11.9. The summed E-state index contributed by atoms with van der Waals surface area (Å²) in [5.74, 6) is 0.350. The van der Waals surface area contributed by atoms with Gasteiger partial charge in [0.25, 0.3) is 5.91 Å². The molecule has 0 unspecified atom stereocenters. The van der Waals surface area contributed by atoms with Gasteiger partial charge < -0.3 is 15.5 Å².